The monoisotopic (exact) mass is 317 g/mol. The third-order valence-electron chi connectivity index (χ3n) is 3.05. The predicted octanol–water partition coefficient (Wildman–Crippen LogP) is 3.52. The third-order valence-corrected chi connectivity index (χ3v) is 5.92. The van der Waals surface area contributed by atoms with Crippen molar-refractivity contribution in [1.29, 1.82) is 0 Å². The van der Waals surface area contributed by atoms with Crippen LogP contribution in [-0.2, 0) is 13.6 Å². The number of hydrogen-bond acceptors (Lipinski definition) is 4. The van der Waals surface area contributed by atoms with Gasteiger partial charge in [-0.1, -0.05) is 0 Å². The summed E-state index contributed by atoms with van der Waals surface area (Å²) in [5, 5.41) is 0. The van der Waals surface area contributed by atoms with Gasteiger partial charge in [0.25, 0.3) is 0 Å². The molecule has 0 bridgehead atoms. The smallest absolute Gasteiger partial charge is 0.306 e. The van der Waals surface area contributed by atoms with Crippen LogP contribution >= 0.6 is 30.8 Å². The first-order valence-corrected chi connectivity index (χ1v) is 8.78. The van der Waals surface area contributed by atoms with Gasteiger partial charge >= 0.3 is 7.60 Å². The summed E-state index contributed by atoms with van der Waals surface area (Å²) in [6.07, 6.45) is 0. The standard InChI is InChI=1S/C11H22Cl2NO3P/c1-9(2)14-10(11(14,3)4)18(15,16-7-5-12)17-8-6-13/h9-10H,5-8H2,1-4H3. The molecule has 2 unspecified atom stereocenters. The van der Waals surface area contributed by atoms with Gasteiger partial charge in [-0.25, -0.2) is 0 Å². The molecule has 7 heteroatoms. The molecule has 0 radical (unpaired) electrons. The van der Waals surface area contributed by atoms with E-state index in [2.05, 4.69) is 18.7 Å². The lowest BCUT2D eigenvalue weighted by atomic mass is 10.2. The highest BCUT2D eigenvalue weighted by molar-refractivity contribution is 7.55. The molecule has 0 amide bonds. The van der Waals surface area contributed by atoms with Crippen molar-refractivity contribution in [3.8, 4) is 0 Å². The zero-order valence-corrected chi connectivity index (χ0v) is 13.8. The zero-order valence-electron chi connectivity index (χ0n) is 11.4. The highest BCUT2D eigenvalue weighted by Crippen LogP contribution is 2.67. The fourth-order valence-corrected chi connectivity index (χ4v) is 5.61. The quantitative estimate of drug-likeness (QED) is 0.390. The van der Waals surface area contributed by atoms with E-state index in [0.717, 1.165) is 0 Å². The molecule has 0 aromatic carbocycles. The lowest BCUT2D eigenvalue weighted by Gasteiger charge is -2.18. The molecule has 0 aromatic heterocycles. The Kier molecular flexibility index (Phi) is 5.98. The molecule has 1 saturated heterocycles. The van der Waals surface area contributed by atoms with Crippen molar-refractivity contribution in [1.82, 2.24) is 4.90 Å². The van der Waals surface area contributed by atoms with Gasteiger partial charge in [-0.15, -0.1) is 23.2 Å². The minimum Gasteiger partial charge on any atom is -0.306 e. The van der Waals surface area contributed by atoms with Gasteiger partial charge in [0, 0.05) is 23.3 Å². The fourth-order valence-electron chi connectivity index (χ4n) is 2.48. The van der Waals surface area contributed by atoms with Crippen LogP contribution in [0.15, 0.2) is 0 Å². The lowest BCUT2D eigenvalue weighted by molar-refractivity contribution is 0.214. The van der Waals surface area contributed by atoms with Crippen LogP contribution in [0, 0.1) is 0 Å². The Morgan fingerprint density at radius 2 is 1.67 bits per heavy atom. The molecule has 18 heavy (non-hydrogen) atoms. The van der Waals surface area contributed by atoms with Crippen LogP contribution in [0.3, 0.4) is 0 Å². The Balaban J connectivity index is 2.81. The predicted molar refractivity (Wildman–Crippen MR) is 75.8 cm³/mol. The van der Waals surface area contributed by atoms with Gasteiger partial charge < -0.3 is 9.05 Å². The lowest BCUT2D eigenvalue weighted by Crippen LogP contribution is -2.17. The summed E-state index contributed by atoms with van der Waals surface area (Å²) in [5.74, 6) is 0.378. The van der Waals surface area contributed by atoms with E-state index in [0.29, 0.717) is 11.8 Å². The molecule has 4 nitrogen and oxygen atoms in total. The van der Waals surface area contributed by atoms with Crippen LogP contribution in [0.1, 0.15) is 27.7 Å². The number of rotatable bonds is 8. The molecule has 0 N–H and O–H groups in total. The van der Waals surface area contributed by atoms with Gasteiger partial charge in [0.05, 0.1) is 13.2 Å². The van der Waals surface area contributed by atoms with Crippen molar-refractivity contribution < 1.29 is 13.6 Å². The molecule has 108 valence electrons. The van der Waals surface area contributed by atoms with E-state index < -0.39 is 7.60 Å². The molecule has 2 atom stereocenters. The average molecular weight is 318 g/mol. The van der Waals surface area contributed by atoms with Crippen molar-refractivity contribution in [3.63, 3.8) is 0 Å². The van der Waals surface area contributed by atoms with Gasteiger partial charge in [-0.3, -0.25) is 9.46 Å². The Morgan fingerprint density at radius 3 is 1.94 bits per heavy atom. The SMILES string of the molecule is CC(C)N1C(P(=O)(OCCCl)OCCCl)C1(C)C. The Labute approximate surface area is 119 Å². The summed E-state index contributed by atoms with van der Waals surface area (Å²) in [6, 6.07) is 0.289. The molecule has 0 aliphatic carbocycles. The van der Waals surface area contributed by atoms with Crippen LogP contribution in [0.2, 0.25) is 0 Å². The van der Waals surface area contributed by atoms with E-state index in [1.165, 1.54) is 0 Å². The van der Waals surface area contributed by atoms with Crippen LogP contribution in [0.4, 0.5) is 0 Å². The van der Waals surface area contributed by atoms with E-state index in [1.54, 1.807) is 0 Å². The summed E-state index contributed by atoms with van der Waals surface area (Å²) < 4.78 is 23.7. The topological polar surface area (TPSA) is 38.5 Å². The van der Waals surface area contributed by atoms with Crippen LogP contribution in [0.25, 0.3) is 0 Å². The summed E-state index contributed by atoms with van der Waals surface area (Å²) in [5.41, 5.74) is -0.178. The summed E-state index contributed by atoms with van der Waals surface area (Å²) in [4.78, 5) is 2.14. The molecule has 0 spiro atoms. The first-order chi connectivity index (χ1) is 8.31. The van der Waals surface area contributed by atoms with E-state index in [9.17, 15) is 4.57 Å². The number of nitrogens with zero attached hydrogens (tertiary/aromatic N) is 1. The summed E-state index contributed by atoms with van der Waals surface area (Å²) in [7, 11) is -3.19. The number of hydrogen-bond donors (Lipinski definition) is 0. The van der Waals surface area contributed by atoms with E-state index in [1.807, 2.05) is 13.8 Å². The van der Waals surface area contributed by atoms with E-state index in [-0.39, 0.29) is 30.6 Å². The first kappa shape index (κ1) is 16.7. The highest BCUT2D eigenvalue weighted by Gasteiger charge is 2.67. The van der Waals surface area contributed by atoms with E-state index >= 15 is 0 Å². The fraction of sp³-hybridized carbons (Fsp3) is 1.00. The minimum atomic E-state index is -3.19. The number of alkyl halides is 2. The second-order valence-corrected chi connectivity index (χ2v) is 7.95. The normalized spacial score (nSPS) is 26.6. The van der Waals surface area contributed by atoms with Crippen LogP contribution in [0.5, 0.6) is 0 Å². The Bertz CT molecular complexity index is 313. The molecule has 0 saturated carbocycles. The average Bonchev–Trinajstić information content (AvgIpc) is 2.88. The Hall–Kier alpha value is 0.690. The molecule has 1 heterocycles. The van der Waals surface area contributed by atoms with Gasteiger partial charge in [0.2, 0.25) is 0 Å². The van der Waals surface area contributed by atoms with Gasteiger partial charge in [-0.05, 0) is 27.7 Å². The van der Waals surface area contributed by atoms with Crippen molar-refractivity contribution >= 4 is 30.8 Å². The maximum atomic E-state index is 12.8. The van der Waals surface area contributed by atoms with Crippen molar-refractivity contribution in [2.75, 3.05) is 25.0 Å². The molecule has 1 aliphatic heterocycles. The van der Waals surface area contributed by atoms with Crippen molar-refractivity contribution in [2.24, 2.45) is 0 Å². The molecule has 1 aliphatic rings. The van der Waals surface area contributed by atoms with Crippen molar-refractivity contribution in [2.45, 2.75) is 45.1 Å². The molecule has 1 fully saturated rings. The molecule has 0 aromatic rings. The minimum absolute atomic E-state index is 0.178. The number of halogens is 2. The van der Waals surface area contributed by atoms with Crippen molar-refractivity contribution in [3.05, 3.63) is 0 Å². The van der Waals surface area contributed by atoms with Crippen LogP contribution in [-0.4, -0.2) is 47.2 Å². The maximum absolute atomic E-state index is 12.8. The van der Waals surface area contributed by atoms with Gasteiger partial charge in [0.1, 0.15) is 5.78 Å². The second-order valence-electron chi connectivity index (χ2n) is 5.11. The third kappa shape index (κ3) is 3.41. The summed E-state index contributed by atoms with van der Waals surface area (Å²) >= 11 is 11.2. The van der Waals surface area contributed by atoms with Gasteiger partial charge in [0.15, 0.2) is 0 Å². The second kappa shape index (κ2) is 6.43. The largest absolute Gasteiger partial charge is 0.349 e. The van der Waals surface area contributed by atoms with Crippen LogP contribution < -0.4 is 0 Å². The maximum Gasteiger partial charge on any atom is 0.349 e. The van der Waals surface area contributed by atoms with Gasteiger partial charge in [-0.2, -0.15) is 0 Å². The summed E-state index contributed by atoms with van der Waals surface area (Å²) in [6.45, 7) is 8.65. The Morgan fingerprint density at radius 1 is 1.22 bits per heavy atom. The molecule has 1 rings (SSSR count). The molecular formula is C11H22Cl2NO3P. The van der Waals surface area contributed by atoms with E-state index in [4.69, 9.17) is 32.2 Å². The first-order valence-electron chi connectivity index (χ1n) is 6.10. The highest BCUT2D eigenvalue weighted by atomic mass is 35.5. The molecular weight excluding hydrogens is 296 g/mol. The zero-order chi connectivity index (χ0) is 14.0.